The van der Waals surface area contributed by atoms with Crippen LogP contribution < -0.4 is 16.0 Å². The second-order valence-corrected chi connectivity index (χ2v) is 18.4. The maximum absolute atomic E-state index is 13.1. The standard InChI is InChI=1S/C43H43N3O9S3/c1-25-22-27(3)42(57(50,51)52)29(5)40(25)45-34-16-12-31(13-17-34)39(37-21-20-36(24-38(37)56(47,48)49)44-33-10-8-7-9-11-33)32-14-18-35(19-15-32)46-41-26(2)23-28(4)43(30(41)6)58(53,54)55/h7-24,39,44-46H,1-6H3,(H,47,48,49)(H,50,51,52)(H,53,54,55). The Labute approximate surface area is 339 Å². The molecule has 6 aromatic rings. The van der Waals surface area contributed by atoms with E-state index in [2.05, 4.69) is 16.0 Å². The highest BCUT2D eigenvalue weighted by Gasteiger charge is 2.27. The highest BCUT2D eigenvalue weighted by molar-refractivity contribution is 7.86. The van der Waals surface area contributed by atoms with Gasteiger partial charge in [0.05, 0.1) is 0 Å². The maximum atomic E-state index is 13.1. The Balaban J connectivity index is 1.44. The smallest absolute Gasteiger partial charge is 0.295 e. The van der Waals surface area contributed by atoms with E-state index in [1.807, 2.05) is 44.2 Å². The van der Waals surface area contributed by atoms with Crippen molar-refractivity contribution in [1.29, 1.82) is 0 Å². The molecule has 15 heteroatoms. The lowest BCUT2D eigenvalue weighted by Gasteiger charge is -2.23. The van der Waals surface area contributed by atoms with Crippen molar-refractivity contribution >= 4 is 64.5 Å². The van der Waals surface area contributed by atoms with Crippen LogP contribution in [0.4, 0.5) is 34.1 Å². The number of hydrogen-bond donors (Lipinski definition) is 6. The molecule has 0 bridgehead atoms. The summed E-state index contributed by atoms with van der Waals surface area (Å²) in [7, 11) is -13.8. The van der Waals surface area contributed by atoms with E-state index in [4.69, 9.17) is 0 Å². The van der Waals surface area contributed by atoms with Crippen LogP contribution >= 0.6 is 0 Å². The van der Waals surface area contributed by atoms with Gasteiger partial charge >= 0.3 is 0 Å². The largest absolute Gasteiger partial charge is 0.355 e. The first kappa shape index (κ1) is 42.1. The van der Waals surface area contributed by atoms with E-state index in [9.17, 15) is 38.9 Å². The monoisotopic (exact) mass is 841 g/mol. The zero-order valence-corrected chi connectivity index (χ0v) is 34.9. The van der Waals surface area contributed by atoms with Crippen LogP contribution in [0.25, 0.3) is 0 Å². The van der Waals surface area contributed by atoms with Crippen LogP contribution in [0.2, 0.25) is 0 Å². The van der Waals surface area contributed by atoms with Crippen molar-refractivity contribution in [3.05, 3.63) is 159 Å². The predicted octanol–water partition coefficient (Wildman–Crippen LogP) is 9.69. The van der Waals surface area contributed by atoms with E-state index in [1.54, 1.807) is 100 Å². The average molecular weight is 842 g/mol. The molecule has 0 fully saturated rings. The summed E-state index contributed by atoms with van der Waals surface area (Å²) in [6, 6.07) is 31.5. The molecule has 0 aromatic heterocycles. The summed E-state index contributed by atoms with van der Waals surface area (Å²) in [5.74, 6) is -0.742. The van der Waals surface area contributed by atoms with E-state index in [1.165, 1.54) is 6.07 Å². The van der Waals surface area contributed by atoms with Gasteiger partial charge in [0, 0.05) is 40.0 Å². The lowest BCUT2D eigenvalue weighted by Crippen LogP contribution is -2.11. The Kier molecular flexibility index (Phi) is 11.6. The molecule has 12 nitrogen and oxygen atoms in total. The first-order chi connectivity index (χ1) is 27.1. The van der Waals surface area contributed by atoms with Gasteiger partial charge in [0.1, 0.15) is 14.7 Å². The molecule has 0 atom stereocenters. The Bertz CT molecular complexity index is 2740. The number of hydrogen-bond acceptors (Lipinski definition) is 9. The lowest BCUT2D eigenvalue weighted by molar-refractivity contribution is 0.479. The predicted molar refractivity (Wildman–Crippen MR) is 227 cm³/mol. The number of anilines is 6. The molecule has 0 radical (unpaired) electrons. The zero-order valence-electron chi connectivity index (χ0n) is 32.5. The van der Waals surface area contributed by atoms with Gasteiger partial charge in [-0.2, -0.15) is 25.3 Å². The van der Waals surface area contributed by atoms with Crippen molar-refractivity contribution in [3.8, 4) is 0 Å². The molecule has 6 aromatic carbocycles. The van der Waals surface area contributed by atoms with Crippen molar-refractivity contribution in [2.45, 2.75) is 62.1 Å². The summed E-state index contributed by atoms with van der Waals surface area (Å²) in [6.07, 6.45) is 0. The SMILES string of the molecule is Cc1cc(C)c(S(=O)(=O)O)c(C)c1Nc1ccc(C(c2ccc(Nc3c(C)cc(C)c(S(=O)(=O)O)c3C)cc2)c2ccc(Nc3ccccc3)cc2S(=O)(=O)O)cc1. The van der Waals surface area contributed by atoms with Gasteiger partial charge in [-0.05, 0) is 140 Å². The Hall–Kier alpha value is -5.55. The number of benzene rings is 6. The minimum Gasteiger partial charge on any atom is -0.355 e. The Morgan fingerprint density at radius 2 is 0.828 bits per heavy atom. The Morgan fingerprint density at radius 3 is 1.22 bits per heavy atom. The van der Waals surface area contributed by atoms with Crippen molar-refractivity contribution in [2.75, 3.05) is 16.0 Å². The van der Waals surface area contributed by atoms with Crippen LogP contribution in [0.1, 0.15) is 56.0 Å². The van der Waals surface area contributed by atoms with Crippen LogP contribution in [-0.4, -0.2) is 38.9 Å². The summed E-state index contributed by atoms with van der Waals surface area (Å²) in [5.41, 5.74) is 7.95. The molecule has 58 heavy (non-hydrogen) atoms. The second kappa shape index (κ2) is 16.0. The van der Waals surface area contributed by atoms with Gasteiger partial charge in [-0.3, -0.25) is 13.7 Å². The van der Waals surface area contributed by atoms with E-state index < -0.39 is 36.3 Å². The van der Waals surface area contributed by atoms with Gasteiger partial charge in [-0.25, -0.2) is 0 Å². The number of para-hydroxylation sites is 1. The number of nitrogens with one attached hydrogen (secondary N) is 3. The molecular formula is C43H43N3O9S3. The molecule has 0 aliphatic rings. The molecule has 0 saturated carbocycles. The van der Waals surface area contributed by atoms with Gasteiger partial charge in [0.15, 0.2) is 0 Å². The minimum absolute atomic E-state index is 0.176. The van der Waals surface area contributed by atoms with E-state index in [0.29, 0.717) is 67.5 Å². The fraction of sp³-hybridized carbons (Fsp3) is 0.163. The van der Waals surface area contributed by atoms with Crippen LogP contribution in [0.15, 0.2) is 124 Å². The molecule has 302 valence electrons. The average Bonchev–Trinajstić information content (AvgIpc) is 3.12. The Morgan fingerprint density at radius 1 is 0.431 bits per heavy atom. The summed E-state index contributed by atoms with van der Waals surface area (Å²) in [4.78, 5) is -0.662. The van der Waals surface area contributed by atoms with Crippen molar-refractivity contribution < 1.29 is 38.9 Å². The number of aryl methyl sites for hydroxylation is 4. The third kappa shape index (κ3) is 8.94. The van der Waals surface area contributed by atoms with Gasteiger partial charge < -0.3 is 16.0 Å². The van der Waals surface area contributed by atoms with Crippen LogP contribution in [-0.2, 0) is 30.4 Å². The van der Waals surface area contributed by atoms with Crippen LogP contribution in [0, 0.1) is 41.5 Å². The third-order valence-corrected chi connectivity index (χ3v) is 13.2. The van der Waals surface area contributed by atoms with Gasteiger partial charge in [-0.15, -0.1) is 0 Å². The molecule has 6 rings (SSSR count). The van der Waals surface area contributed by atoms with Gasteiger partial charge in [-0.1, -0.05) is 60.7 Å². The fourth-order valence-electron chi connectivity index (χ4n) is 7.63. The minimum atomic E-state index is -4.77. The molecule has 0 saturated heterocycles. The second-order valence-electron chi connectivity index (χ2n) is 14.3. The quantitative estimate of drug-likeness (QED) is 0.0504. The zero-order chi connectivity index (χ0) is 42.3. The highest BCUT2D eigenvalue weighted by Crippen LogP contribution is 2.40. The summed E-state index contributed by atoms with van der Waals surface area (Å²) >= 11 is 0. The van der Waals surface area contributed by atoms with E-state index >= 15 is 0 Å². The van der Waals surface area contributed by atoms with E-state index in [0.717, 1.165) is 11.1 Å². The summed E-state index contributed by atoms with van der Waals surface area (Å²) < 4.78 is 106. The van der Waals surface area contributed by atoms with Crippen molar-refractivity contribution in [2.24, 2.45) is 0 Å². The summed E-state index contributed by atoms with van der Waals surface area (Å²) in [5, 5.41) is 9.71. The van der Waals surface area contributed by atoms with Crippen LogP contribution in [0.3, 0.4) is 0 Å². The molecule has 0 unspecified atom stereocenters. The molecule has 6 N–H and O–H groups in total. The first-order valence-electron chi connectivity index (χ1n) is 18.0. The third-order valence-electron chi connectivity index (χ3n) is 10.0. The van der Waals surface area contributed by atoms with Crippen molar-refractivity contribution in [1.82, 2.24) is 0 Å². The van der Waals surface area contributed by atoms with Crippen molar-refractivity contribution in [3.63, 3.8) is 0 Å². The van der Waals surface area contributed by atoms with E-state index in [-0.39, 0.29) is 20.2 Å². The molecule has 0 amide bonds. The molecule has 0 heterocycles. The topological polar surface area (TPSA) is 199 Å². The normalized spacial score (nSPS) is 12.1. The fourth-order valence-corrected chi connectivity index (χ4v) is 10.3. The van der Waals surface area contributed by atoms with Gasteiger partial charge in [0.25, 0.3) is 30.4 Å². The molecule has 0 aliphatic heterocycles. The first-order valence-corrected chi connectivity index (χ1v) is 22.3. The number of rotatable bonds is 12. The summed E-state index contributed by atoms with van der Waals surface area (Å²) in [6.45, 7) is 10.1. The molecular weight excluding hydrogens is 799 g/mol. The van der Waals surface area contributed by atoms with Crippen LogP contribution in [0.5, 0.6) is 0 Å². The lowest BCUT2D eigenvalue weighted by atomic mass is 9.84. The molecule has 0 aliphatic carbocycles. The van der Waals surface area contributed by atoms with Gasteiger partial charge in [0.2, 0.25) is 0 Å². The highest BCUT2D eigenvalue weighted by atomic mass is 32.2. The molecule has 0 spiro atoms. The maximum Gasteiger partial charge on any atom is 0.295 e.